The molecule has 14 heteroatoms. The predicted molar refractivity (Wildman–Crippen MR) is 184 cm³/mol. The van der Waals surface area contributed by atoms with Crippen molar-refractivity contribution in [1.82, 2.24) is 24.7 Å². The molecule has 2 fully saturated rings. The number of pyridine rings is 1. The number of anilines is 1. The Morgan fingerprint density at radius 2 is 1.62 bits per heavy atom. The van der Waals surface area contributed by atoms with Gasteiger partial charge in [0.15, 0.2) is 12.4 Å². The van der Waals surface area contributed by atoms with Crippen LogP contribution in [0.1, 0.15) is 53.1 Å². The fraction of sp³-hybridized carbons (Fsp3) is 0.394. The van der Waals surface area contributed by atoms with Gasteiger partial charge in [-0.25, -0.2) is 9.59 Å². The first-order valence-corrected chi connectivity index (χ1v) is 17.2. The van der Waals surface area contributed by atoms with Gasteiger partial charge in [-0.1, -0.05) is 0 Å². The second-order valence-electron chi connectivity index (χ2n) is 12.4. The average Bonchev–Trinajstić information content (AvgIpc) is 3.43. The van der Waals surface area contributed by atoms with Crippen LogP contribution >= 0.6 is 31.9 Å². The Morgan fingerprint density at radius 1 is 0.979 bits per heavy atom. The number of quaternary nitrogens is 1. The van der Waals surface area contributed by atoms with E-state index >= 15 is 0 Å². The number of piperidine rings is 2. The number of carboxylic acid groups (broad SMARTS) is 1. The van der Waals surface area contributed by atoms with Gasteiger partial charge >= 0.3 is 12.0 Å². The third-order valence-corrected chi connectivity index (χ3v) is 10.8. The number of aromatic nitrogens is 1. The van der Waals surface area contributed by atoms with Crippen LogP contribution in [0.2, 0.25) is 0 Å². The minimum atomic E-state index is -1.05. The molecular weight excluding hydrogens is 736 g/mol. The molecule has 0 aliphatic carbocycles. The maximum Gasteiger partial charge on any atom is 0.335 e. The number of phenols is 1. The second kappa shape index (κ2) is 13.8. The third kappa shape index (κ3) is 6.96. The van der Waals surface area contributed by atoms with Gasteiger partial charge in [0.25, 0.3) is 0 Å². The SMILES string of the molecule is O=C(O)c1ccc2c(c1)NC[N+]2([O-])C1CCN(C(=O)N[C@H](Cc2cc(Br)c(O)c(Br)c2)C(=O)N2CCC(c3ccncc3)CC2)CC1. The smallest absolute Gasteiger partial charge is 0.335 e. The number of hydroxylamine groups is 2. The van der Waals surface area contributed by atoms with E-state index in [4.69, 9.17) is 0 Å². The molecule has 4 heterocycles. The monoisotopic (exact) mass is 770 g/mol. The molecule has 3 aliphatic heterocycles. The largest absolute Gasteiger partial charge is 0.626 e. The molecule has 0 saturated carbocycles. The molecule has 12 nitrogen and oxygen atoms in total. The summed E-state index contributed by atoms with van der Waals surface area (Å²) >= 11 is 6.73. The highest BCUT2D eigenvalue weighted by Crippen LogP contribution is 2.41. The van der Waals surface area contributed by atoms with Crippen molar-refractivity contribution in [3.05, 3.63) is 85.7 Å². The maximum absolute atomic E-state index is 14.0. The number of likely N-dealkylation sites (tertiary alicyclic amines) is 2. The number of aromatic carboxylic acids is 1. The standard InChI is InChI=1S/C33H36Br2N6O6/c34-25-15-20(16-26(35)30(25)42)17-28(31(43)39-11-5-22(6-12-39)21-3-9-36-10-4-21)38-33(46)40-13-7-24(8-14-40)41(47)19-37-27-18-23(32(44)45)1-2-29(27)41/h1-4,9-10,15-16,18,22,24,28,37,42H,5-8,11-14,17,19H2,(H,38,46)(H,44,45)/t28-,41?/m1/s1. The molecule has 0 radical (unpaired) electrons. The minimum Gasteiger partial charge on any atom is -0.626 e. The molecule has 6 rings (SSSR count). The van der Waals surface area contributed by atoms with Crippen molar-refractivity contribution in [2.45, 2.75) is 50.1 Å². The number of hydrogen-bond donors (Lipinski definition) is 4. The van der Waals surface area contributed by atoms with E-state index in [0.717, 1.165) is 18.4 Å². The van der Waals surface area contributed by atoms with Gasteiger partial charge in [-0.15, -0.1) is 0 Å². The van der Waals surface area contributed by atoms with Crippen LogP contribution in [-0.2, 0) is 11.2 Å². The lowest BCUT2D eigenvalue weighted by molar-refractivity contribution is -0.134. The van der Waals surface area contributed by atoms with Crippen molar-refractivity contribution >= 4 is 61.1 Å². The van der Waals surface area contributed by atoms with Crippen molar-refractivity contribution in [1.29, 1.82) is 0 Å². The van der Waals surface area contributed by atoms with E-state index in [2.05, 4.69) is 47.5 Å². The summed E-state index contributed by atoms with van der Waals surface area (Å²) in [6.07, 6.45) is 6.33. The van der Waals surface area contributed by atoms with Crippen LogP contribution in [0.3, 0.4) is 0 Å². The number of aromatic hydroxyl groups is 1. The van der Waals surface area contributed by atoms with Crippen LogP contribution in [0, 0.1) is 5.21 Å². The summed E-state index contributed by atoms with van der Waals surface area (Å²) < 4.78 is 0.337. The van der Waals surface area contributed by atoms with Crippen LogP contribution < -0.4 is 15.3 Å². The fourth-order valence-electron chi connectivity index (χ4n) is 6.94. The van der Waals surface area contributed by atoms with Crippen molar-refractivity contribution in [3.8, 4) is 5.75 Å². The zero-order valence-corrected chi connectivity index (χ0v) is 28.7. The lowest BCUT2D eigenvalue weighted by atomic mass is 9.89. The Hall–Kier alpha value is -3.72. The quantitative estimate of drug-likeness (QED) is 0.184. The molecule has 248 valence electrons. The number of fused-ring (bicyclic) bond motifs is 1. The van der Waals surface area contributed by atoms with Gasteiger partial charge in [0.2, 0.25) is 5.91 Å². The van der Waals surface area contributed by atoms with E-state index < -0.39 is 16.7 Å². The molecule has 0 spiro atoms. The summed E-state index contributed by atoms with van der Waals surface area (Å²) in [4.78, 5) is 46.6. The van der Waals surface area contributed by atoms with E-state index in [9.17, 15) is 29.8 Å². The highest BCUT2D eigenvalue weighted by molar-refractivity contribution is 9.11. The Kier molecular flexibility index (Phi) is 9.74. The summed E-state index contributed by atoms with van der Waals surface area (Å²) in [5.74, 6) is -0.823. The number of carbonyl (C=O) groups is 3. The van der Waals surface area contributed by atoms with Crippen molar-refractivity contribution < 1.29 is 24.6 Å². The number of carbonyl (C=O) groups excluding carboxylic acids is 2. The topological polar surface area (TPSA) is 158 Å². The lowest BCUT2D eigenvalue weighted by Crippen LogP contribution is -2.59. The Bertz CT molecular complexity index is 1640. The van der Waals surface area contributed by atoms with Crippen molar-refractivity contribution in [3.63, 3.8) is 0 Å². The first-order valence-electron chi connectivity index (χ1n) is 15.6. The Labute approximate surface area is 289 Å². The van der Waals surface area contributed by atoms with Gasteiger partial charge in [0.1, 0.15) is 17.5 Å². The lowest BCUT2D eigenvalue weighted by Gasteiger charge is -2.47. The summed E-state index contributed by atoms with van der Waals surface area (Å²) in [7, 11) is 0. The minimum absolute atomic E-state index is 0.0543. The normalized spacial score (nSPS) is 20.7. The zero-order valence-electron chi connectivity index (χ0n) is 25.6. The van der Waals surface area contributed by atoms with Gasteiger partial charge in [0, 0.05) is 63.9 Å². The maximum atomic E-state index is 14.0. The third-order valence-electron chi connectivity index (χ3n) is 9.59. The summed E-state index contributed by atoms with van der Waals surface area (Å²) in [5, 5.41) is 39.6. The molecule has 47 heavy (non-hydrogen) atoms. The number of benzene rings is 2. The number of nitrogens with zero attached hydrogens (tertiary/aromatic N) is 4. The molecule has 0 bridgehead atoms. The highest BCUT2D eigenvalue weighted by Gasteiger charge is 2.41. The highest BCUT2D eigenvalue weighted by atomic mass is 79.9. The predicted octanol–water partition coefficient (Wildman–Crippen LogP) is 5.39. The first-order chi connectivity index (χ1) is 22.5. The molecule has 2 atom stereocenters. The molecule has 1 aromatic heterocycles. The van der Waals surface area contributed by atoms with Crippen LogP contribution in [0.4, 0.5) is 16.2 Å². The molecular formula is C33H36Br2N6O6. The molecule has 3 aromatic rings. The van der Waals surface area contributed by atoms with E-state index in [-0.39, 0.29) is 42.4 Å². The van der Waals surface area contributed by atoms with Crippen LogP contribution in [0.5, 0.6) is 5.75 Å². The van der Waals surface area contributed by atoms with E-state index in [0.29, 0.717) is 65.3 Å². The number of amides is 3. The molecule has 3 amide bonds. The van der Waals surface area contributed by atoms with Crippen molar-refractivity contribution in [2.24, 2.45) is 0 Å². The van der Waals surface area contributed by atoms with Gasteiger partial charge in [-0.2, -0.15) is 0 Å². The number of rotatable bonds is 7. The van der Waals surface area contributed by atoms with Gasteiger partial charge in [-0.3, -0.25) is 9.78 Å². The zero-order chi connectivity index (χ0) is 33.3. The summed E-state index contributed by atoms with van der Waals surface area (Å²) in [6, 6.07) is 10.5. The van der Waals surface area contributed by atoms with Gasteiger partial charge < -0.3 is 40.5 Å². The number of halogens is 2. The number of nitrogens with one attached hydrogen (secondary N) is 2. The number of urea groups is 1. The number of carboxylic acids is 1. The molecule has 4 N–H and O–H groups in total. The average molecular weight is 772 g/mol. The second-order valence-corrected chi connectivity index (χ2v) is 14.1. The van der Waals surface area contributed by atoms with Gasteiger partial charge in [0.05, 0.1) is 20.6 Å². The van der Waals surface area contributed by atoms with E-state index in [1.54, 1.807) is 35.5 Å². The van der Waals surface area contributed by atoms with Crippen LogP contribution in [0.15, 0.2) is 63.8 Å². The Balaban J connectivity index is 1.12. The Morgan fingerprint density at radius 3 is 2.26 bits per heavy atom. The molecule has 2 aromatic carbocycles. The number of phenolic OH excluding ortho intramolecular Hbond substituents is 1. The van der Waals surface area contributed by atoms with E-state index in [1.807, 2.05) is 17.0 Å². The molecule has 2 saturated heterocycles. The number of hydrogen-bond acceptors (Lipinski definition) is 7. The summed E-state index contributed by atoms with van der Waals surface area (Å²) in [6.45, 7) is 1.92. The molecule has 3 aliphatic rings. The van der Waals surface area contributed by atoms with Crippen LogP contribution in [0.25, 0.3) is 0 Å². The van der Waals surface area contributed by atoms with E-state index in [1.165, 1.54) is 17.7 Å². The van der Waals surface area contributed by atoms with Crippen molar-refractivity contribution in [2.75, 3.05) is 38.2 Å². The molecule has 1 unspecified atom stereocenters. The van der Waals surface area contributed by atoms with Crippen LogP contribution in [-0.4, -0.2) is 87.8 Å². The fourth-order valence-corrected chi connectivity index (χ4v) is 8.22. The first kappa shape index (κ1) is 33.2. The van der Waals surface area contributed by atoms with Gasteiger partial charge in [-0.05, 0) is 98.1 Å². The summed E-state index contributed by atoms with van der Waals surface area (Å²) in [5.41, 5.74) is 3.11.